The van der Waals surface area contributed by atoms with Gasteiger partial charge in [0, 0.05) is 43.7 Å². The lowest BCUT2D eigenvalue weighted by Gasteiger charge is -2.04. The van der Waals surface area contributed by atoms with Gasteiger partial charge in [-0.05, 0) is 48.5 Å². The number of hydrogen-bond acceptors (Lipinski definition) is 8. The van der Waals surface area contributed by atoms with Crippen LogP contribution in [-0.2, 0) is 0 Å². The molecule has 0 aliphatic rings. The van der Waals surface area contributed by atoms with Gasteiger partial charge in [-0.2, -0.15) is 0 Å². The second kappa shape index (κ2) is 9.44. The minimum atomic E-state index is -0.459. The third kappa shape index (κ3) is 4.06. The SMILES string of the molecule is O=c1cc(-n2cc(-c3ccc4[nH]c5ccc(-c6cn(-c7cc(=O)oc8ccccc78)nn6)cc5c4c3)nn2)c2ccccc2o1. The van der Waals surface area contributed by atoms with E-state index in [0.717, 1.165) is 43.7 Å². The molecule has 0 aliphatic carbocycles. The quantitative estimate of drug-likeness (QED) is 0.246. The second-order valence-corrected chi connectivity index (χ2v) is 10.6. The Balaban J connectivity index is 1.11. The number of benzene rings is 4. The summed E-state index contributed by atoms with van der Waals surface area (Å²) in [6.07, 6.45) is 3.60. The van der Waals surface area contributed by atoms with E-state index >= 15 is 0 Å². The summed E-state index contributed by atoms with van der Waals surface area (Å²) in [7, 11) is 0. The van der Waals surface area contributed by atoms with Crippen molar-refractivity contribution in [3.63, 3.8) is 0 Å². The predicted octanol–water partition coefficient (Wildman–Crippen LogP) is 6.03. The molecule has 0 aliphatic heterocycles. The number of fused-ring (bicyclic) bond motifs is 5. The number of H-pyrrole nitrogens is 1. The van der Waals surface area contributed by atoms with E-state index in [9.17, 15) is 9.59 Å². The van der Waals surface area contributed by atoms with Crippen molar-refractivity contribution in [2.45, 2.75) is 0 Å². The van der Waals surface area contributed by atoms with Crippen molar-refractivity contribution in [3.05, 3.63) is 130 Å². The maximum absolute atomic E-state index is 12.2. The molecule has 0 radical (unpaired) electrons. The van der Waals surface area contributed by atoms with Crippen LogP contribution >= 0.6 is 0 Å². The molecule has 0 unspecified atom stereocenters. The minimum absolute atomic E-state index is 0.459. The molecule has 4 aromatic carbocycles. The van der Waals surface area contributed by atoms with E-state index in [4.69, 9.17) is 8.83 Å². The summed E-state index contributed by atoms with van der Waals surface area (Å²) in [6, 6.07) is 29.6. The van der Waals surface area contributed by atoms with Crippen molar-refractivity contribution in [1.82, 2.24) is 35.0 Å². The highest BCUT2D eigenvalue weighted by atomic mass is 16.4. The fourth-order valence-corrected chi connectivity index (χ4v) is 5.81. The summed E-state index contributed by atoms with van der Waals surface area (Å²) in [5.41, 5.74) is 6.22. The number of nitrogens with zero attached hydrogens (tertiary/aromatic N) is 6. The molecule has 0 spiro atoms. The monoisotopic (exact) mass is 589 g/mol. The first-order valence-electron chi connectivity index (χ1n) is 14.0. The topological polar surface area (TPSA) is 138 Å². The molecule has 11 heteroatoms. The largest absolute Gasteiger partial charge is 0.423 e. The molecule has 5 aromatic heterocycles. The molecule has 11 nitrogen and oxygen atoms in total. The first-order valence-corrected chi connectivity index (χ1v) is 14.0. The molecule has 0 fully saturated rings. The highest BCUT2D eigenvalue weighted by Gasteiger charge is 2.15. The Morgan fingerprint density at radius 3 is 1.49 bits per heavy atom. The van der Waals surface area contributed by atoms with Crippen molar-refractivity contribution in [3.8, 4) is 33.9 Å². The molecular weight excluding hydrogens is 570 g/mol. The number of aromatic nitrogens is 7. The maximum atomic E-state index is 12.2. The fraction of sp³-hybridized carbons (Fsp3) is 0. The first-order chi connectivity index (χ1) is 22.1. The minimum Gasteiger partial charge on any atom is -0.423 e. The summed E-state index contributed by atoms with van der Waals surface area (Å²) in [5, 5.41) is 21.0. The highest BCUT2D eigenvalue weighted by molar-refractivity contribution is 6.09. The smallest absolute Gasteiger partial charge is 0.338 e. The third-order valence-corrected chi connectivity index (χ3v) is 7.93. The van der Waals surface area contributed by atoms with Crippen molar-refractivity contribution >= 4 is 43.7 Å². The van der Waals surface area contributed by atoms with Crippen LogP contribution in [0.2, 0.25) is 0 Å². The predicted molar refractivity (Wildman–Crippen MR) is 169 cm³/mol. The van der Waals surface area contributed by atoms with Crippen LogP contribution in [0.1, 0.15) is 0 Å². The molecule has 9 rings (SSSR count). The van der Waals surface area contributed by atoms with Gasteiger partial charge in [-0.25, -0.2) is 19.0 Å². The van der Waals surface area contributed by atoms with Crippen LogP contribution in [0, 0.1) is 0 Å². The lowest BCUT2D eigenvalue weighted by Crippen LogP contribution is -2.04. The van der Waals surface area contributed by atoms with Gasteiger partial charge in [-0.1, -0.05) is 46.8 Å². The molecule has 0 bridgehead atoms. The Kier molecular flexibility index (Phi) is 5.23. The Hall–Kier alpha value is -6.62. The summed E-state index contributed by atoms with van der Waals surface area (Å²) in [6.45, 7) is 0. The van der Waals surface area contributed by atoms with Crippen LogP contribution in [0.5, 0.6) is 0 Å². The maximum Gasteiger partial charge on any atom is 0.338 e. The average molecular weight is 590 g/mol. The zero-order chi connectivity index (χ0) is 30.1. The molecule has 0 saturated heterocycles. The highest BCUT2D eigenvalue weighted by Crippen LogP contribution is 2.33. The van der Waals surface area contributed by atoms with E-state index in [-0.39, 0.29) is 0 Å². The Bertz CT molecular complexity index is 2540. The van der Waals surface area contributed by atoms with Crippen LogP contribution in [0.25, 0.3) is 77.6 Å². The van der Waals surface area contributed by atoms with Gasteiger partial charge in [0.15, 0.2) is 0 Å². The zero-order valence-electron chi connectivity index (χ0n) is 23.2. The number of hydrogen-bond donors (Lipinski definition) is 1. The molecule has 0 amide bonds. The van der Waals surface area contributed by atoms with Gasteiger partial charge in [-0.15, -0.1) is 10.2 Å². The Morgan fingerprint density at radius 2 is 1.00 bits per heavy atom. The van der Waals surface area contributed by atoms with E-state index in [1.807, 2.05) is 60.7 Å². The van der Waals surface area contributed by atoms with Crippen LogP contribution in [0.4, 0.5) is 0 Å². The van der Waals surface area contributed by atoms with Crippen LogP contribution in [0.3, 0.4) is 0 Å². The van der Waals surface area contributed by atoms with Crippen LogP contribution < -0.4 is 11.3 Å². The zero-order valence-corrected chi connectivity index (χ0v) is 23.2. The van der Waals surface area contributed by atoms with Gasteiger partial charge >= 0.3 is 11.3 Å². The van der Waals surface area contributed by atoms with Gasteiger partial charge in [0.05, 0.1) is 35.9 Å². The summed E-state index contributed by atoms with van der Waals surface area (Å²) >= 11 is 0. The van der Waals surface area contributed by atoms with Gasteiger partial charge in [0.1, 0.15) is 22.6 Å². The Morgan fingerprint density at radius 1 is 0.533 bits per heavy atom. The molecule has 9 aromatic rings. The lowest BCUT2D eigenvalue weighted by molar-refractivity contribution is 0.558. The second-order valence-electron chi connectivity index (χ2n) is 10.6. The standard InChI is InChI=1S/C34H19N7O4/c42-33-15-29(21-5-1-3-7-31(21)44-33)40-17-27(36-38-40)19-9-11-25-23(13-19)24-14-20(10-12-26(24)35-25)28-18-41(39-37-28)30-16-34(43)45-32-8-4-2-6-22(30)32/h1-18,35H. The van der Waals surface area contributed by atoms with Gasteiger partial charge in [0.25, 0.3) is 0 Å². The van der Waals surface area contributed by atoms with E-state index in [1.54, 1.807) is 33.9 Å². The van der Waals surface area contributed by atoms with E-state index in [0.29, 0.717) is 33.9 Å². The molecule has 0 atom stereocenters. The summed E-state index contributed by atoms with van der Waals surface area (Å²) in [5.74, 6) is 0. The van der Waals surface area contributed by atoms with Crippen LogP contribution in [0.15, 0.2) is 128 Å². The molecular formula is C34H19N7O4. The van der Waals surface area contributed by atoms with E-state index in [1.165, 1.54) is 12.1 Å². The lowest BCUT2D eigenvalue weighted by atomic mass is 10.0. The molecule has 214 valence electrons. The third-order valence-electron chi connectivity index (χ3n) is 7.93. The number of aromatic amines is 1. The Labute approximate surface area is 251 Å². The van der Waals surface area contributed by atoms with Gasteiger partial charge in [0.2, 0.25) is 0 Å². The van der Waals surface area contributed by atoms with Crippen molar-refractivity contribution < 1.29 is 8.83 Å². The van der Waals surface area contributed by atoms with Crippen molar-refractivity contribution in [2.24, 2.45) is 0 Å². The normalized spacial score (nSPS) is 11.7. The molecule has 0 saturated carbocycles. The molecule has 5 heterocycles. The average Bonchev–Trinajstić information content (AvgIpc) is 3.82. The molecule has 1 N–H and O–H groups in total. The van der Waals surface area contributed by atoms with Gasteiger partial charge in [-0.3, -0.25) is 0 Å². The van der Waals surface area contributed by atoms with E-state index in [2.05, 4.69) is 37.7 Å². The summed E-state index contributed by atoms with van der Waals surface area (Å²) < 4.78 is 13.9. The van der Waals surface area contributed by atoms with E-state index < -0.39 is 11.3 Å². The summed E-state index contributed by atoms with van der Waals surface area (Å²) in [4.78, 5) is 27.9. The fourth-order valence-electron chi connectivity index (χ4n) is 5.81. The number of nitrogens with one attached hydrogen (secondary N) is 1. The molecule has 45 heavy (non-hydrogen) atoms. The number of rotatable bonds is 4. The van der Waals surface area contributed by atoms with Crippen molar-refractivity contribution in [1.29, 1.82) is 0 Å². The van der Waals surface area contributed by atoms with Gasteiger partial charge < -0.3 is 13.8 Å². The van der Waals surface area contributed by atoms with Crippen molar-refractivity contribution in [2.75, 3.05) is 0 Å². The first kappa shape index (κ1) is 24.9. The van der Waals surface area contributed by atoms with Crippen LogP contribution in [-0.4, -0.2) is 35.0 Å². The number of para-hydroxylation sites is 2.